The molecule has 0 fully saturated rings. The minimum Gasteiger partial charge on any atom is -0.361 e. The number of aromatic nitrogens is 1. The van der Waals surface area contributed by atoms with Crippen LogP contribution in [-0.4, -0.2) is 11.2 Å². The van der Waals surface area contributed by atoms with E-state index in [0.29, 0.717) is 0 Å². The summed E-state index contributed by atoms with van der Waals surface area (Å²) in [5, 5.41) is 1.28. The minimum atomic E-state index is 1.19. The Morgan fingerprint density at radius 1 is 0.941 bits per heavy atom. The zero-order valence-electron chi connectivity index (χ0n) is 9.60. The van der Waals surface area contributed by atoms with Crippen LogP contribution in [0.1, 0.15) is 0 Å². The number of para-hydroxylation sites is 1. The van der Waals surface area contributed by atoms with E-state index in [9.17, 15) is 0 Å². The third-order valence-corrected chi connectivity index (χ3v) is 3.73. The Morgan fingerprint density at radius 2 is 1.71 bits per heavy atom. The van der Waals surface area contributed by atoms with Crippen molar-refractivity contribution < 1.29 is 0 Å². The fourth-order valence-electron chi connectivity index (χ4n) is 2.08. The average molecular weight is 239 g/mol. The summed E-state index contributed by atoms with van der Waals surface area (Å²) in [5.41, 5.74) is 3.73. The van der Waals surface area contributed by atoms with Crippen LogP contribution < -0.4 is 0 Å². The third kappa shape index (κ3) is 1.85. The summed E-state index contributed by atoms with van der Waals surface area (Å²) in [6, 6.07) is 17.1. The molecule has 1 aromatic heterocycles. The smallest absolute Gasteiger partial charge is 0.0460 e. The molecule has 1 nitrogen and oxygen atoms in total. The molecule has 0 aliphatic carbocycles. The molecule has 0 radical (unpaired) electrons. The Bertz CT molecular complexity index is 637. The number of nitrogens with one attached hydrogen (secondary N) is 1. The fourth-order valence-corrected chi connectivity index (χ4v) is 2.49. The molecule has 2 heteroatoms. The first kappa shape index (κ1) is 10.5. The molecule has 0 aliphatic rings. The first-order valence-corrected chi connectivity index (χ1v) is 6.81. The molecule has 0 saturated carbocycles. The molecule has 1 N–H and O–H groups in total. The van der Waals surface area contributed by atoms with Crippen molar-refractivity contribution in [2.45, 2.75) is 4.90 Å². The third-order valence-electron chi connectivity index (χ3n) is 2.99. The number of benzene rings is 2. The van der Waals surface area contributed by atoms with Crippen molar-refractivity contribution in [1.29, 1.82) is 0 Å². The standard InChI is InChI=1S/C15H13NS/c1-17-12-8-6-11(7-9-12)14-10-16-15-5-3-2-4-13(14)15/h2-10,16H,1H3. The maximum atomic E-state index is 3.31. The quantitative estimate of drug-likeness (QED) is 0.648. The Balaban J connectivity index is 2.13. The van der Waals surface area contributed by atoms with Gasteiger partial charge in [-0.1, -0.05) is 30.3 Å². The Labute approximate surface area is 105 Å². The fraction of sp³-hybridized carbons (Fsp3) is 0.0667. The van der Waals surface area contributed by atoms with Gasteiger partial charge < -0.3 is 4.98 Å². The lowest BCUT2D eigenvalue weighted by Gasteiger charge is -2.01. The predicted octanol–water partition coefficient (Wildman–Crippen LogP) is 4.56. The van der Waals surface area contributed by atoms with Gasteiger partial charge in [-0.2, -0.15) is 0 Å². The first-order chi connectivity index (χ1) is 8.38. The van der Waals surface area contributed by atoms with Crippen LogP contribution in [0.3, 0.4) is 0 Å². The van der Waals surface area contributed by atoms with E-state index < -0.39 is 0 Å². The molecule has 0 atom stereocenters. The van der Waals surface area contributed by atoms with E-state index in [-0.39, 0.29) is 0 Å². The van der Waals surface area contributed by atoms with E-state index in [0.717, 1.165) is 0 Å². The van der Waals surface area contributed by atoms with Gasteiger partial charge in [-0.25, -0.2) is 0 Å². The van der Waals surface area contributed by atoms with Crippen LogP contribution in [0.2, 0.25) is 0 Å². The van der Waals surface area contributed by atoms with Gasteiger partial charge in [0, 0.05) is 27.6 Å². The van der Waals surface area contributed by atoms with Crippen LogP contribution in [0.4, 0.5) is 0 Å². The summed E-state index contributed by atoms with van der Waals surface area (Å²) in [4.78, 5) is 4.61. The number of rotatable bonds is 2. The molecule has 84 valence electrons. The average Bonchev–Trinajstić information content (AvgIpc) is 2.83. The molecule has 0 aliphatic heterocycles. The second-order valence-corrected chi connectivity index (χ2v) is 4.86. The SMILES string of the molecule is CSc1ccc(-c2c[nH]c3ccccc23)cc1. The summed E-state index contributed by atoms with van der Waals surface area (Å²) in [6.07, 6.45) is 4.18. The van der Waals surface area contributed by atoms with Gasteiger partial charge in [0.25, 0.3) is 0 Å². The molecule has 3 aromatic rings. The van der Waals surface area contributed by atoms with Crippen molar-refractivity contribution >= 4 is 22.7 Å². The van der Waals surface area contributed by atoms with Crippen molar-refractivity contribution in [3.63, 3.8) is 0 Å². The summed E-state index contributed by atoms with van der Waals surface area (Å²) < 4.78 is 0. The molecule has 1 heterocycles. The number of H-pyrrole nitrogens is 1. The lowest BCUT2D eigenvalue weighted by molar-refractivity contribution is 1.45. The zero-order valence-corrected chi connectivity index (χ0v) is 10.4. The number of aromatic amines is 1. The second kappa shape index (κ2) is 4.30. The molecule has 0 spiro atoms. The van der Waals surface area contributed by atoms with E-state index in [1.165, 1.54) is 26.9 Å². The van der Waals surface area contributed by atoms with Crippen LogP contribution in [0.5, 0.6) is 0 Å². The lowest BCUT2D eigenvalue weighted by Crippen LogP contribution is -1.75. The summed E-state index contributed by atoms with van der Waals surface area (Å²) >= 11 is 1.77. The van der Waals surface area contributed by atoms with Crippen LogP contribution in [-0.2, 0) is 0 Å². The highest BCUT2D eigenvalue weighted by Crippen LogP contribution is 2.29. The Morgan fingerprint density at radius 3 is 2.47 bits per heavy atom. The number of fused-ring (bicyclic) bond motifs is 1. The topological polar surface area (TPSA) is 15.8 Å². The highest BCUT2D eigenvalue weighted by Gasteiger charge is 2.04. The van der Waals surface area contributed by atoms with E-state index >= 15 is 0 Å². The monoisotopic (exact) mass is 239 g/mol. The molecule has 0 bridgehead atoms. The van der Waals surface area contributed by atoms with Crippen LogP contribution in [0.15, 0.2) is 59.6 Å². The molecule has 0 saturated heterocycles. The van der Waals surface area contributed by atoms with Crippen molar-refractivity contribution in [2.75, 3.05) is 6.26 Å². The van der Waals surface area contributed by atoms with Crippen LogP contribution in [0.25, 0.3) is 22.0 Å². The molecule has 3 rings (SSSR count). The summed E-state index contributed by atoms with van der Waals surface area (Å²) in [5.74, 6) is 0. The lowest BCUT2D eigenvalue weighted by atomic mass is 10.1. The van der Waals surface area contributed by atoms with Gasteiger partial charge in [0.2, 0.25) is 0 Å². The predicted molar refractivity (Wildman–Crippen MR) is 75.5 cm³/mol. The van der Waals surface area contributed by atoms with Gasteiger partial charge in [-0.15, -0.1) is 11.8 Å². The molecular formula is C15H13NS. The first-order valence-electron chi connectivity index (χ1n) is 5.59. The highest BCUT2D eigenvalue weighted by atomic mass is 32.2. The maximum Gasteiger partial charge on any atom is 0.0460 e. The number of hydrogen-bond acceptors (Lipinski definition) is 1. The van der Waals surface area contributed by atoms with Crippen molar-refractivity contribution in [2.24, 2.45) is 0 Å². The Hall–Kier alpha value is -1.67. The normalized spacial score (nSPS) is 10.9. The molecule has 2 aromatic carbocycles. The summed E-state index contributed by atoms with van der Waals surface area (Å²) in [7, 11) is 0. The molecule has 0 amide bonds. The van der Waals surface area contributed by atoms with Gasteiger partial charge in [0.1, 0.15) is 0 Å². The van der Waals surface area contributed by atoms with E-state index in [1.54, 1.807) is 11.8 Å². The minimum absolute atomic E-state index is 1.19. The van der Waals surface area contributed by atoms with Gasteiger partial charge in [-0.05, 0) is 30.0 Å². The van der Waals surface area contributed by atoms with E-state index in [2.05, 4.69) is 66.0 Å². The van der Waals surface area contributed by atoms with Gasteiger partial charge in [0.15, 0.2) is 0 Å². The van der Waals surface area contributed by atoms with Crippen molar-refractivity contribution in [3.05, 3.63) is 54.7 Å². The zero-order chi connectivity index (χ0) is 11.7. The highest BCUT2D eigenvalue weighted by molar-refractivity contribution is 7.98. The molecule has 17 heavy (non-hydrogen) atoms. The van der Waals surface area contributed by atoms with Gasteiger partial charge in [0.05, 0.1) is 0 Å². The largest absolute Gasteiger partial charge is 0.361 e. The van der Waals surface area contributed by atoms with Crippen molar-refractivity contribution in [1.82, 2.24) is 4.98 Å². The van der Waals surface area contributed by atoms with Crippen LogP contribution >= 0.6 is 11.8 Å². The Kier molecular flexibility index (Phi) is 2.65. The number of hydrogen-bond donors (Lipinski definition) is 1. The van der Waals surface area contributed by atoms with Gasteiger partial charge >= 0.3 is 0 Å². The second-order valence-electron chi connectivity index (χ2n) is 3.98. The molecular weight excluding hydrogens is 226 g/mol. The van der Waals surface area contributed by atoms with Gasteiger partial charge in [-0.3, -0.25) is 0 Å². The van der Waals surface area contributed by atoms with E-state index in [4.69, 9.17) is 0 Å². The van der Waals surface area contributed by atoms with E-state index in [1.807, 2.05) is 0 Å². The maximum absolute atomic E-state index is 3.31. The summed E-state index contributed by atoms with van der Waals surface area (Å²) in [6.45, 7) is 0. The van der Waals surface area contributed by atoms with Crippen molar-refractivity contribution in [3.8, 4) is 11.1 Å². The number of thioether (sulfide) groups is 1. The molecule has 0 unspecified atom stereocenters. The van der Waals surface area contributed by atoms with Crippen LogP contribution in [0, 0.1) is 0 Å².